The number of hydrogen-bond donors (Lipinski definition) is 0. The number of imide groups is 1. The maximum atomic E-state index is 13.2. The molecule has 4 rings (SSSR count). The van der Waals surface area contributed by atoms with Gasteiger partial charge in [-0.2, -0.15) is 5.11 Å². The zero-order chi connectivity index (χ0) is 18.4. The molecule has 132 valence electrons. The summed E-state index contributed by atoms with van der Waals surface area (Å²) >= 11 is 6.02. The van der Waals surface area contributed by atoms with E-state index in [4.69, 9.17) is 11.6 Å². The molecule has 2 heterocycles. The van der Waals surface area contributed by atoms with E-state index in [0.717, 1.165) is 11.0 Å². The van der Waals surface area contributed by atoms with Gasteiger partial charge in [-0.05, 0) is 42.0 Å². The van der Waals surface area contributed by atoms with E-state index in [-0.39, 0.29) is 17.3 Å². The highest BCUT2D eigenvalue weighted by molar-refractivity contribution is 6.31. The molecular formula is C17H11ClF2N4O2. The van der Waals surface area contributed by atoms with E-state index in [9.17, 15) is 18.4 Å². The Labute approximate surface area is 151 Å². The molecule has 0 aliphatic carbocycles. The van der Waals surface area contributed by atoms with Crippen molar-refractivity contribution in [3.8, 4) is 0 Å². The Hall–Kier alpha value is -2.87. The number of benzene rings is 2. The van der Waals surface area contributed by atoms with Crippen molar-refractivity contribution in [2.45, 2.75) is 18.6 Å². The van der Waals surface area contributed by atoms with Crippen LogP contribution in [0.25, 0.3) is 0 Å². The monoisotopic (exact) mass is 376 g/mol. The van der Waals surface area contributed by atoms with Crippen LogP contribution in [0.1, 0.15) is 5.56 Å². The molecule has 2 amide bonds. The number of nitrogens with zero attached hydrogens (tertiary/aromatic N) is 4. The van der Waals surface area contributed by atoms with Gasteiger partial charge in [-0.15, -0.1) is 0 Å². The Bertz CT molecular complexity index is 935. The molecule has 2 atom stereocenters. The van der Waals surface area contributed by atoms with Crippen molar-refractivity contribution < 1.29 is 18.4 Å². The highest BCUT2D eigenvalue weighted by Crippen LogP contribution is 2.33. The van der Waals surface area contributed by atoms with Gasteiger partial charge in [-0.1, -0.05) is 22.9 Å². The van der Waals surface area contributed by atoms with Crippen LogP contribution in [-0.4, -0.2) is 28.9 Å². The molecular weight excluding hydrogens is 366 g/mol. The number of hydrogen-bond acceptors (Lipinski definition) is 5. The van der Waals surface area contributed by atoms with Crippen molar-refractivity contribution in [1.29, 1.82) is 0 Å². The van der Waals surface area contributed by atoms with Crippen LogP contribution in [0.3, 0.4) is 0 Å². The van der Waals surface area contributed by atoms with Crippen LogP contribution in [0.4, 0.5) is 14.5 Å². The lowest BCUT2D eigenvalue weighted by atomic mass is 10.1. The molecule has 0 spiro atoms. The Kier molecular flexibility index (Phi) is 3.91. The smallest absolute Gasteiger partial charge is 0.263 e. The summed E-state index contributed by atoms with van der Waals surface area (Å²) in [5.74, 6) is -1.98. The summed E-state index contributed by atoms with van der Waals surface area (Å²) < 4.78 is 26.3. The predicted molar refractivity (Wildman–Crippen MR) is 88.3 cm³/mol. The molecule has 2 aromatic rings. The molecule has 0 N–H and O–H groups in total. The standard InChI is InChI=1S/C17H11ClF2N4O2/c18-13-7-11(20)2-1-9(13)8-23-15-14(21-22-23)16(25)24(17(15)26)12-5-3-10(19)4-6-12/h1-7,14-15H,8H2/t14-,15-/m1/s1. The normalized spacial score (nSPS) is 21.7. The summed E-state index contributed by atoms with van der Waals surface area (Å²) in [6.45, 7) is 0.0973. The van der Waals surface area contributed by atoms with Crippen LogP contribution in [0.5, 0.6) is 0 Å². The van der Waals surface area contributed by atoms with E-state index in [1.165, 1.54) is 41.4 Å². The number of halogens is 3. The number of rotatable bonds is 3. The molecule has 1 fully saturated rings. The maximum absolute atomic E-state index is 13.2. The van der Waals surface area contributed by atoms with Gasteiger partial charge < -0.3 is 0 Å². The average Bonchev–Trinajstić information content (AvgIpc) is 3.12. The minimum absolute atomic E-state index is 0.0973. The summed E-state index contributed by atoms with van der Waals surface area (Å²) in [6.07, 6.45) is 0. The largest absolute Gasteiger partial charge is 0.271 e. The fourth-order valence-electron chi connectivity index (χ4n) is 3.02. The van der Waals surface area contributed by atoms with E-state index in [1.807, 2.05) is 0 Å². The Balaban J connectivity index is 1.61. The molecule has 2 aromatic carbocycles. The Morgan fingerprint density at radius 3 is 2.38 bits per heavy atom. The van der Waals surface area contributed by atoms with Crippen molar-refractivity contribution in [3.63, 3.8) is 0 Å². The summed E-state index contributed by atoms with van der Waals surface area (Å²) in [5.41, 5.74) is 0.818. The third-order valence-electron chi connectivity index (χ3n) is 4.29. The molecule has 1 saturated heterocycles. The van der Waals surface area contributed by atoms with E-state index in [0.29, 0.717) is 5.56 Å². The molecule has 26 heavy (non-hydrogen) atoms. The van der Waals surface area contributed by atoms with Gasteiger partial charge in [-0.3, -0.25) is 14.6 Å². The fourth-order valence-corrected chi connectivity index (χ4v) is 3.25. The van der Waals surface area contributed by atoms with E-state index < -0.39 is 35.5 Å². The Morgan fingerprint density at radius 2 is 1.69 bits per heavy atom. The van der Waals surface area contributed by atoms with Crippen molar-refractivity contribution in [1.82, 2.24) is 5.01 Å². The lowest BCUT2D eigenvalue weighted by Crippen LogP contribution is -2.39. The van der Waals surface area contributed by atoms with Gasteiger partial charge in [0.15, 0.2) is 12.1 Å². The molecule has 2 aliphatic rings. The number of fused-ring (bicyclic) bond motifs is 1. The van der Waals surface area contributed by atoms with Gasteiger partial charge in [0.1, 0.15) is 11.6 Å². The summed E-state index contributed by atoms with van der Waals surface area (Å²) in [7, 11) is 0. The minimum atomic E-state index is -0.966. The lowest BCUT2D eigenvalue weighted by molar-refractivity contribution is -0.123. The number of carbonyl (C=O) groups is 2. The topological polar surface area (TPSA) is 65.3 Å². The molecule has 0 radical (unpaired) electrons. The summed E-state index contributed by atoms with van der Waals surface area (Å²) in [5, 5.41) is 9.34. The number of carbonyl (C=O) groups excluding carboxylic acids is 2. The van der Waals surface area contributed by atoms with Gasteiger partial charge >= 0.3 is 0 Å². The van der Waals surface area contributed by atoms with Gasteiger partial charge in [0.25, 0.3) is 11.8 Å². The quantitative estimate of drug-likeness (QED) is 0.773. The highest BCUT2D eigenvalue weighted by Gasteiger charge is 2.54. The number of amides is 2. The van der Waals surface area contributed by atoms with Crippen LogP contribution >= 0.6 is 11.6 Å². The predicted octanol–water partition coefficient (Wildman–Crippen LogP) is 3.11. The van der Waals surface area contributed by atoms with Crippen LogP contribution in [0.2, 0.25) is 5.02 Å². The van der Waals surface area contributed by atoms with Crippen LogP contribution in [0, 0.1) is 11.6 Å². The molecule has 0 unspecified atom stereocenters. The molecule has 2 aliphatic heterocycles. The van der Waals surface area contributed by atoms with Crippen molar-refractivity contribution in [2.24, 2.45) is 10.3 Å². The lowest BCUT2D eigenvalue weighted by Gasteiger charge is -2.21. The highest BCUT2D eigenvalue weighted by atomic mass is 35.5. The van der Waals surface area contributed by atoms with Crippen LogP contribution < -0.4 is 4.90 Å². The van der Waals surface area contributed by atoms with E-state index in [2.05, 4.69) is 10.3 Å². The van der Waals surface area contributed by atoms with Gasteiger partial charge in [0.05, 0.1) is 12.2 Å². The van der Waals surface area contributed by atoms with Crippen molar-refractivity contribution in [2.75, 3.05) is 4.90 Å². The molecule has 6 nitrogen and oxygen atoms in total. The minimum Gasteiger partial charge on any atom is -0.271 e. The second-order valence-corrected chi connectivity index (χ2v) is 6.32. The van der Waals surface area contributed by atoms with Crippen LogP contribution in [0.15, 0.2) is 52.8 Å². The Morgan fingerprint density at radius 1 is 1.00 bits per heavy atom. The molecule has 0 bridgehead atoms. The maximum Gasteiger partial charge on any atom is 0.263 e. The molecule has 0 saturated carbocycles. The second-order valence-electron chi connectivity index (χ2n) is 5.92. The van der Waals surface area contributed by atoms with E-state index >= 15 is 0 Å². The first kappa shape index (κ1) is 16.6. The molecule has 9 heteroatoms. The van der Waals surface area contributed by atoms with Crippen molar-refractivity contribution in [3.05, 3.63) is 64.7 Å². The van der Waals surface area contributed by atoms with Crippen LogP contribution in [-0.2, 0) is 16.1 Å². The number of anilines is 1. The average molecular weight is 377 g/mol. The third kappa shape index (κ3) is 2.62. The first-order valence-corrected chi connectivity index (χ1v) is 8.08. The first-order chi connectivity index (χ1) is 12.5. The van der Waals surface area contributed by atoms with Gasteiger partial charge in [0, 0.05) is 5.02 Å². The third-order valence-corrected chi connectivity index (χ3v) is 4.64. The van der Waals surface area contributed by atoms with E-state index in [1.54, 1.807) is 0 Å². The SMILES string of the molecule is O=C1[C@@H]2N=NN(Cc3ccc(F)cc3Cl)[C@H]2C(=O)N1c1ccc(F)cc1. The van der Waals surface area contributed by atoms with Crippen molar-refractivity contribution >= 4 is 29.1 Å². The summed E-state index contributed by atoms with van der Waals surface area (Å²) in [4.78, 5) is 26.3. The second kappa shape index (κ2) is 6.14. The fraction of sp³-hybridized carbons (Fsp3) is 0.176. The van der Waals surface area contributed by atoms with Gasteiger partial charge in [-0.25, -0.2) is 13.7 Å². The van der Waals surface area contributed by atoms with Gasteiger partial charge in [0.2, 0.25) is 0 Å². The zero-order valence-electron chi connectivity index (χ0n) is 13.1. The first-order valence-electron chi connectivity index (χ1n) is 7.70. The summed E-state index contributed by atoms with van der Waals surface area (Å²) in [6, 6.07) is 7.06. The molecule has 0 aromatic heterocycles. The zero-order valence-corrected chi connectivity index (χ0v) is 13.9.